The fourth-order valence-corrected chi connectivity index (χ4v) is 2.43. The van der Waals surface area contributed by atoms with Gasteiger partial charge in [-0.25, -0.2) is 0 Å². The van der Waals surface area contributed by atoms with Gasteiger partial charge in [0.1, 0.15) is 0 Å². The van der Waals surface area contributed by atoms with Crippen molar-refractivity contribution in [3.05, 3.63) is 29.8 Å². The van der Waals surface area contributed by atoms with Crippen molar-refractivity contribution >= 4 is 23.0 Å². The average Bonchev–Trinajstić information content (AvgIpc) is 2.35. The lowest BCUT2D eigenvalue weighted by molar-refractivity contribution is 0.247. The third kappa shape index (κ3) is 3.96. The van der Waals surface area contributed by atoms with Crippen LogP contribution in [0.4, 0.5) is 5.69 Å². The molecule has 0 aliphatic carbocycles. The standard InChI is InChI=1S/C14H21N3S/c1-11-3-5-12(6-4-11)15-14(18)16-13-7-9-17(2)10-8-13/h3-6,13H,7-10H2,1-2H3,(H2,15,16,18). The molecular weight excluding hydrogens is 242 g/mol. The lowest BCUT2D eigenvalue weighted by Gasteiger charge is -2.30. The van der Waals surface area contributed by atoms with E-state index in [1.807, 2.05) is 0 Å². The van der Waals surface area contributed by atoms with Crippen LogP contribution in [-0.2, 0) is 0 Å². The lowest BCUT2D eigenvalue weighted by atomic mass is 10.1. The van der Waals surface area contributed by atoms with Gasteiger partial charge >= 0.3 is 0 Å². The van der Waals surface area contributed by atoms with E-state index < -0.39 is 0 Å². The Morgan fingerprint density at radius 2 is 1.83 bits per heavy atom. The van der Waals surface area contributed by atoms with Crippen molar-refractivity contribution in [2.45, 2.75) is 25.8 Å². The highest BCUT2D eigenvalue weighted by atomic mass is 32.1. The Kier molecular flexibility index (Phi) is 4.55. The SMILES string of the molecule is Cc1ccc(NC(=S)NC2CCN(C)CC2)cc1. The van der Waals surface area contributed by atoms with Crippen LogP contribution in [0, 0.1) is 6.92 Å². The average molecular weight is 263 g/mol. The second kappa shape index (κ2) is 6.16. The number of anilines is 1. The van der Waals surface area contributed by atoms with Gasteiger partial charge in [0.15, 0.2) is 5.11 Å². The largest absolute Gasteiger partial charge is 0.360 e. The number of rotatable bonds is 2. The monoisotopic (exact) mass is 263 g/mol. The summed E-state index contributed by atoms with van der Waals surface area (Å²) in [7, 11) is 2.17. The van der Waals surface area contributed by atoms with Gasteiger partial charge in [-0.1, -0.05) is 17.7 Å². The summed E-state index contributed by atoms with van der Waals surface area (Å²) in [6.45, 7) is 4.37. The molecular formula is C14H21N3S. The molecule has 0 bridgehead atoms. The van der Waals surface area contributed by atoms with Gasteiger partial charge in [0.2, 0.25) is 0 Å². The molecule has 0 saturated carbocycles. The molecule has 0 unspecified atom stereocenters. The highest BCUT2D eigenvalue weighted by molar-refractivity contribution is 7.80. The van der Waals surface area contributed by atoms with E-state index in [9.17, 15) is 0 Å². The minimum Gasteiger partial charge on any atom is -0.360 e. The van der Waals surface area contributed by atoms with Crippen LogP contribution in [0.5, 0.6) is 0 Å². The summed E-state index contributed by atoms with van der Waals surface area (Å²) in [5, 5.41) is 7.36. The normalized spacial score (nSPS) is 17.4. The Morgan fingerprint density at radius 3 is 2.44 bits per heavy atom. The summed E-state index contributed by atoms with van der Waals surface area (Å²) in [5.41, 5.74) is 2.31. The van der Waals surface area contributed by atoms with E-state index in [1.165, 1.54) is 5.56 Å². The first-order valence-corrected chi connectivity index (χ1v) is 6.87. The smallest absolute Gasteiger partial charge is 0.170 e. The van der Waals surface area contributed by atoms with Crippen LogP contribution in [0.25, 0.3) is 0 Å². The van der Waals surface area contributed by atoms with Crippen molar-refractivity contribution in [1.29, 1.82) is 0 Å². The van der Waals surface area contributed by atoms with Gasteiger partial charge in [-0.2, -0.15) is 0 Å². The van der Waals surface area contributed by atoms with Gasteiger partial charge in [-0.15, -0.1) is 0 Å². The molecule has 1 saturated heterocycles. The fourth-order valence-electron chi connectivity index (χ4n) is 2.14. The molecule has 0 atom stereocenters. The van der Waals surface area contributed by atoms with Crippen LogP contribution >= 0.6 is 12.2 Å². The fraction of sp³-hybridized carbons (Fsp3) is 0.500. The van der Waals surface area contributed by atoms with E-state index in [1.54, 1.807) is 0 Å². The molecule has 0 aromatic heterocycles. The first-order valence-electron chi connectivity index (χ1n) is 6.46. The summed E-state index contributed by atoms with van der Waals surface area (Å²) in [6.07, 6.45) is 2.32. The van der Waals surface area contributed by atoms with Crippen LogP contribution in [0.15, 0.2) is 24.3 Å². The van der Waals surface area contributed by atoms with Crippen LogP contribution < -0.4 is 10.6 Å². The molecule has 3 nitrogen and oxygen atoms in total. The highest BCUT2D eigenvalue weighted by Crippen LogP contribution is 2.10. The second-order valence-corrected chi connectivity index (χ2v) is 5.45. The summed E-state index contributed by atoms with van der Waals surface area (Å²) in [4.78, 5) is 2.36. The Balaban J connectivity index is 1.80. The number of benzene rings is 1. The summed E-state index contributed by atoms with van der Waals surface area (Å²) < 4.78 is 0. The van der Waals surface area contributed by atoms with E-state index in [2.05, 4.69) is 53.8 Å². The summed E-state index contributed by atoms with van der Waals surface area (Å²) >= 11 is 5.34. The van der Waals surface area contributed by atoms with E-state index in [0.717, 1.165) is 36.7 Å². The Bertz CT molecular complexity index is 394. The van der Waals surface area contributed by atoms with E-state index >= 15 is 0 Å². The molecule has 1 aromatic carbocycles. The van der Waals surface area contributed by atoms with Crippen LogP contribution in [0.1, 0.15) is 18.4 Å². The van der Waals surface area contributed by atoms with E-state index in [4.69, 9.17) is 12.2 Å². The zero-order chi connectivity index (χ0) is 13.0. The van der Waals surface area contributed by atoms with Gasteiger partial charge in [-0.05, 0) is 64.3 Å². The predicted octanol–water partition coefficient (Wildman–Crippen LogP) is 2.38. The minimum atomic E-state index is 0.506. The number of likely N-dealkylation sites (tertiary alicyclic amines) is 1. The van der Waals surface area contributed by atoms with E-state index in [-0.39, 0.29) is 0 Å². The van der Waals surface area contributed by atoms with Gasteiger partial charge in [0.25, 0.3) is 0 Å². The Morgan fingerprint density at radius 1 is 1.22 bits per heavy atom. The number of aryl methyl sites for hydroxylation is 1. The van der Waals surface area contributed by atoms with Gasteiger partial charge < -0.3 is 15.5 Å². The van der Waals surface area contributed by atoms with Gasteiger partial charge in [0, 0.05) is 11.7 Å². The number of hydrogen-bond donors (Lipinski definition) is 2. The van der Waals surface area contributed by atoms with Crippen LogP contribution in [0.2, 0.25) is 0 Å². The van der Waals surface area contributed by atoms with Crippen LogP contribution in [-0.4, -0.2) is 36.2 Å². The minimum absolute atomic E-state index is 0.506. The zero-order valence-corrected chi connectivity index (χ0v) is 11.9. The molecule has 1 heterocycles. The molecule has 0 spiro atoms. The van der Waals surface area contributed by atoms with Crippen molar-refractivity contribution < 1.29 is 0 Å². The molecule has 2 rings (SSSR count). The molecule has 1 aromatic rings. The maximum absolute atomic E-state index is 5.34. The molecule has 4 heteroatoms. The highest BCUT2D eigenvalue weighted by Gasteiger charge is 2.16. The second-order valence-electron chi connectivity index (χ2n) is 5.04. The third-order valence-electron chi connectivity index (χ3n) is 3.36. The molecule has 1 fully saturated rings. The van der Waals surface area contributed by atoms with Crippen molar-refractivity contribution in [2.75, 3.05) is 25.5 Å². The topological polar surface area (TPSA) is 27.3 Å². The maximum Gasteiger partial charge on any atom is 0.170 e. The first kappa shape index (κ1) is 13.3. The van der Waals surface area contributed by atoms with Crippen LogP contribution in [0.3, 0.4) is 0 Å². The lowest BCUT2D eigenvalue weighted by Crippen LogP contribution is -2.44. The Hall–Kier alpha value is -1.13. The van der Waals surface area contributed by atoms with Gasteiger partial charge in [-0.3, -0.25) is 0 Å². The molecule has 98 valence electrons. The van der Waals surface area contributed by atoms with Crippen molar-refractivity contribution in [2.24, 2.45) is 0 Å². The number of hydrogen-bond acceptors (Lipinski definition) is 2. The molecule has 0 radical (unpaired) electrons. The number of nitrogens with one attached hydrogen (secondary N) is 2. The third-order valence-corrected chi connectivity index (χ3v) is 3.58. The molecule has 18 heavy (non-hydrogen) atoms. The summed E-state index contributed by atoms with van der Waals surface area (Å²) in [5.74, 6) is 0. The zero-order valence-electron chi connectivity index (χ0n) is 11.1. The molecule has 1 aliphatic rings. The molecule has 2 N–H and O–H groups in total. The molecule has 1 aliphatic heterocycles. The predicted molar refractivity (Wildman–Crippen MR) is 81.1 cm³/mol. The maximum atomic E-state index is 5.34. The van der Waals surface area contributed by atoms with Crippen molar-refractivity contribution in [3.63, 3.8) is 0 Å². The first-order chi connectivity index (χ1) is 8.63. The summed E-state index contributed by atoms with van der Waals surface area (Å²) in [6, 6.07) is 8.78. The van der Waals surface area contributed by atoms with Crippen molar-refractivity contribution in [1.82, 2.24) is 10.2 Å². The number of piperidine rings is 1. The Labute approximate surface area is 115 Å². The number of thiocarbonyl (C=S) groups is 1. The van der Waals surface area contributed by atoms with Crippen molar-refractivity contribution in [3.8, 4) is 0 Å². The molecule has 0 amide bonds. The quantitative estimate of drug-likeness (QED) is 0.801. The van der Waals surface area contributed by atoms with E-state index in [0.29, 0.717) is 6.04 Å². The number of nitrogens with zero attached hydrogens (tertiary/aromatic N) is 1. The van der Waals surface area contributed by atoms with Gasteiger partial charge in [0.05, 0.1) is 0 Å².